The molecule has 0 radical (unpaired) electrons. The van der Waals surface area contributed by atoms with Gasteiger partial charge >= 0.3 is 6.03 Å². The Kier molecular flexibility index (Phi) is 5.06. The summed E-state index contributed by atoms with van der Waals surface area (Å²) in [6.07, 6.45) is 2.48. The normalized spacial score (nSPS) is 20.0. The first-order valence-electron chi connectivity index (χ1n) is 8.03. The van der Waals surface area contributed by atoms with Crippen molar-refractivity contribution in [3.63, 3.8) is 0 Å². The van der Waals surface area contributed by atoms with Gasteiger partial charge in [-0.3, -0.25) is 9.69 Å². The molecule has 1 atom stereocenters. The van der Waals surface area contributed by atoms with Gasteiger partial charge < -0.3 is 5.32 Å². The number of amides is 3. The van der Waals surface area contributed by atoms with Crippen LogP contribution in [0.2, 0.25) is 5.02 Å². The summed E-state index contributed by atoms with van der Waals surface area (Å²) in [6, 6.07) is 14.6. The molecule has 6 heteroatoms. The van der Waals surface area contributed by atoms with E-state index in [-0.39, 0.29) is 18.5 Å². The fourth-order valence-corrected chi connectivity index (χ4v) is 3.59. The van der Waals surface area contributed by atoms with Gasteiger partial charge in [-0.15, -0.1) is 11.8 Å². The molecule has 0 spiro atoms. The Balaban J connectivity index is 1.88. The summed E-state index contributed by atoms with van der Waals surface area (Å²) in [5.74, 6) is -0.226. The Bertz CT molecular complexity index is 792. The van der Waals surface area contributed by atoms with E-state index in [4.69, 9.17) is 11.6 Å². The van der Waals surface area contributed by atoms with Crippen LogP contribution in [0.4, 0.5) is 4.79 Å². The fraction of sp³-hybridized carbons (Fsp3) is 0.263. The number of rotatable bonds is 5. The Morgan fingerprint density at radius 3 is 2.28 bits per heavy atom. The second-order valence-corrected chi connectivity index (χ2v) is 7.25. The maximum atomic E-state index is 13.1. The van der Waals surface area contributed by atoms with Crippen molar-refractivity contribution in [1.29, 1.82) is 0 Å². The van der Waals surface area contributed by atoms with E-state index in [0.717, 1.165) is 16.0 Å². The maximum absolute atomic E-state index is 13.1. The molecular formula is C19H19ClN2O2S. The van der Waals surface area contributed by atoms with Crippen molar-refractivity contribution in [1.82, 2.24) is 10.2 Å². The highest BCUT2D eigenvalue weighted by Gasteiger charge is 2.51. The summed E-state index contributed by atoms with van der Waals surface area (Å²) in [7, 11) is 0. The van der Waals surface area contributed by atoms with Crippen LogP contribution in [0.25, 0.3) is 0 Å². The Labute approximate surface area is 156 Å². The van der Waals surface area contributed by atoms with E-state index in [1.165, 1.54) is 4.90 Å². The standard InChI is InChI=1S/C19H19ClN2O2S/c1-3-19(14-6-8-15(20)9-7-14)17(23)22(18(24)21-19)12-13-4-10-16(25-2)11-5-13/h4-11H,3,12H2,1-2H3,(H,21,24)/t19-/m0/s1. The van der Waals surface area contributed by atoms with E-state index >= 15 is 0 Å². The minimum absolute atomic E-state index is 0.226. The molecule has 2 aromatic rings. The summed E-state index contributed by atoms with van der Waals surface area (Å²) >= 11 is 7.60. The van der Waals surface area contributed by atoms with E-state index in [1.54, 1.807) is 36.0 Å². The minimum atomic E-state index is -1.03. The molecule has 25 heavy (non-hydrogen) atoms. The summed E-state index contributed by atoms with van der Waals surface area (Å²) in [6.45, 7) is 2.15. The van der Waals surface area contributed by atoms with Gasteiger partial charge in [0.1, 0.15) is 5.54 Å². The molecule has 3 amide bonds. The zero-order chi connectivity index (χ0) is 18.0. The molecule has 1 saturated heterocycles. The topological polar surface area (TPSA) is 49.4 Å². The van der Waals surface area contributed by atoms with Gasteiger partial charge in [-0.25, -0.2) is 4.79 Å². The summed E-state index contributed by atoms with van der Waals surface area (Å²) in [5, 5.41) is 3.48. The second-order valence-electron chi connectivity index (χ2n) is 5.94. The van der Waals surface area contributed by atoms with E-state index < -0.39 is 5.54 Å². The number of benzene rings is 2. The molecule has 0 aliphatic carbocycles. The largest absolute Gasteiger partial charge is 0.325 e. The predicted octanol–water partition coefficient (Wildman–Crippen LogP) is 4.42. The van der Waals surface area contributed by atoms with Gasteiger partial charge in [0.15, 0.2) is 0 Å². The molecule has 130 valence electrons. The Morgan fingerprint density at radius 1 is 1.08 bits per heavy atom. The highest BCUT2D eigenvalue weighted by Crippen LogP contribution is 2.33. The molecule has 1 fully saturated rings. The van der Waals surface area contributed by atoms with Crippen LogP contribution in [0.5, 0.6) is 0 Å². The van der Waals surface area contributed by atoms with E-state index in [2.05, 4.69) is 5.32 Å². The molecule has 1 aliphatic rings. The van der Waals surface area contributed by atoms with Crippen molar-refractivity contribution in [3.05, 3.63) is 64.7 Å². The number of carbonyl (C=O) groups is 2. The smallest absolute Gasteiger partial charge is 0.319 e. The van der Waals surface area contributed by atoms with Gasteiger partial charge in [0.2, 0.25) is 0 Å². The number of halogens is 1. The molecule has 0 bridgehead atoms. The van der Waals surface area contributed by atoms with E-state index in [0.29, 0.717) is 11.4 Å². The highest BCUT2D eigenvalue weighted by molar-refractivity contribution is 7.98. The monoisotopic (exact) mass is 374 g/mol. The zero-order valence-electron chi connectivity index (χ0n) is 14.1. The van der Waals surface area contributed by atoms with Crippen LogP contribution in [0.15, 0.2) is 53.4 Å². The first-order valence-corrected chi connectivity index (χ1v) is 9.63. The lowest BCUT2D eigenvalue weighted by Gasteiger charge is -2.26. The van der Waals surface area contributed by atoms with E-state index in [1.807, 2.05) is 37.4 Å². The van der Waals surface area contributed by atoms with Crippen LogP contribution in [0.3, 0.4) is 0 Å². The lowest BCUT2D eigenvalue weighted by molar-refractivity contribution is -0.132. The number of nitrogens with one attached hydrogen (secondary N) is 1. The molecule has 0 aromatic heterocycles. The molecular weight excluding hydrogens is 356 g/mol. The van der Waals surface area contributed by atoms with Gasteiger partial charge in [-0.1, -0.05) is 42.8 Å². The Morgan fingerprint density at radius 2 is 1.72 bits per heavy atom. The van der Waals surface area contributed by atoms with Crippen LogP contribution >= 0.6 is 23.4 Å². The van der Waals surface area contributed by atoms with Gasteiger partial charge in [0.25, 0.3) is 5.91 Å². The summed E-state index contributed by atoms with van der Waals surface area (Å²) in [5.41, 5.74) is 0.642. The maximum Gasteiger partial charge on any atom is 0.325 e. The van der Waals surface area contributed by atoms with Crippen LogP contribution in [0.1, 0.15) is 24.5 Å². The average molecular weight is 375 g/mol. The van der Waals surface area contributed by atoms with E-state index in [9.17, 15) is 9.59 Å². The highest BCUT2D eigenvalue weighted by atomic mass is 35.5. The number of imide groups is 1. The molecule has 4 nitrogen and oxygen atoms in total. The summed E-state index contributed by atoms with van der Waals surface area (Å²) < 4.78 is 0. The Hall–Kier alpha value is -1.98. The van der Waals surface area contributed by atoms with Crippen LogP contribution in [-0.4, -0.2) is 23.1 Å². The van der Waals surface area contributed by atoms with Gasteiger partial charge in [-0.2, -0.15) is 0 Å². The van der Waals surface area contributed by atoms with Crippen LogP contribution < -0.4 is 5.32 Å². The molecule has 2 aromatic carbocycles. The third-order valence-corrected chi connectivity index (χ3v) is 5.54. The molecule has 0 unspecified atom stereocenters. The van der Waals surface area contributed by atoms with Crippen LogP contribution in [0, 0.1) is 0 Å². The van der Waals surface area contributed by atoms with Crippen molar-refractivity contribution in [2.75, 3.05) is 6.26 Å². The van der Waals surface area contributed by atoms with Crippen LogP contribution in [-0.2, 0) is 16.9 Å². The average Bonchev–Trinajstić information content (AvgIpc) is 2.88. The number of nitrogens with zero attached hydrogens (tertiary/aromatic N) is 1. The molecule has 3 rings (SSSR count). The van der Waals surface area contributed by atoms with Crippen molar-refractivity contribution >= 4 is 35.3 Å². The SMILES string of the molecule is CC[C@@]1(c2ccc(Cl)cc2)NC(=O)N(Cc2ccc(SC)cc2)C1=O. The number of carbonyl (C=O) groups excluding carboxylic acids is 2. The minimum Gasteiger partial charge on any atom is -0.319 e. The number of hydrogen-bond donors (Lipinski definition) is 1. The van der Waals surface area contributed by atoms with Crippen molar-refractivity contribution in [3.8, 4) is 0 Å². The number of hydrogen-bond acceptors (Lipinski definition) is 3. The first-order chi connectivity index (χ1) is 12.0. The number of urea groups is 1. The zero-order valence-corrected chi connectivity index (χ0v) is 15.7. The third kappa shape index (κ3) is 3.26. The quantitative estimate of drug-likeness (QED) is 0.622. The lowest BCUT2D eigenvalue weighted by atomic mass is 9.87. The molecule has 0 saturated carbocycles. The van der Waals surface area contributed by atoms with Gasteiger partial charge in [-0.05, 0) is 48.1 Å². The molecule has 1 aliphatic heterocycles. The molecule has 1 N–H and O–H groups in total. The fourth-order valence-electron chi connectivity index (χ4n) is 3.06. The summed E-state index contributed by atoms with van der Waals surface area (Å²) in [4.78, 5) is 28.0. The molecule has 1 heterocycles. The number of thioether (sulfide) groups is 1. The second kappa shape index (κ2) is 7.10. The van der Waals surface area contributed by atoms with Crippen molar-refractivity contribution < 1.29 is 9.59 Å². The first kappa shape index (κ1) is 17.8. The van der Waals surface area contributed by atoms with Crippen molar-refractivity contribution in [2.45, 2.75) is 30.3 Å². The lowest BCUT2D eigenvalue weighted by Crippen LogP contribution is -2.43. The predicted molar refractivity (Wildman–Crippen MR) is 101 cm³/mol. The van der Waals surface area contributed by atoms with Crippen molar-refractivity contribution in [2.24, 2.45) is 0 Å². The third-order valence-electron chi connectivity index (χ3n) is 4.54. The van der Waals surface area contributed by atoms with Gasteiger partial charge in [0.05, 0.1) is 6.54 Å². The van der Waals surface area contributed by atoms with Gasteiger partial charge in [0, 0.05) is 9.92 Å².